The van der Waals surface area contributed by atoms with Crippen molar-refractivity contribution in [1.29, 1.82) is 0 Å². The highest BCUT2D eigenvalue weighted by atomic mass is 79.9. The smallest absolute Gasteiger partial charge is 0.257 e. The highest BCUT2D eigenvalue weighted by molar-refractivity contribution is 9.10. The lowest BCUT2D eigenvalue weighted by Gasteiger charge is -2.20. The Hall–Kier alpha value is -2.38. The van der Waals surface area contributed by atoms with Crippen molar-refractivity contribution in [1.82, 2.24) is 4.90 Å². The van der Waals surface area contributed by atoms with Crippen molar-refractivity contribution in [3.63, 3.8) is 0 Å². The van der Waals surface area contributed by atoms with E-state index >= 15 is 0 Å². The number of nitrogens with zero attached hydrogens (tertiary/aromatic N) is 1. The maximum Gasteiger partial charge on any atom is 0.257 e. The summed E-state index contributed by atoms with van der Waals surface area (Å²) in [6, 6.07) is 12.7. The van der Waals surface area contributed by atoms with Crippen molar-refractivity contribution < 1.29 is 19.1 Å². The van der Waals surface area contributed by atoms with Crippen LogP contribution in [0.1, 0.15) is 28.8 Å². The average Bonchev–Trinajstić information content (AvgIpc) is 3.22. The van der Waals surface area contributed by atoms with Crippen LogP contribution in [-0.4, -0.2) is 49.6 Å². The molecule has 2 aromatic carbocycles. The Bertz CT molecular complexity index is 881. The Morgan fingerprint density at radius 2 is 2.07 bits per heavy atom. The molecule has 3 rings (SSSR count). The standard InChI is InChI=1S/C22H25BrN2O4/c1-15-12-16(23)9-10-19(15)24-21(26)13-25(2)22(27)18-7-3-4-8-20(18)29-14-17-6-5-11-28-17/h3-4,7-10,12,17H,5-6,11,13-14H2,1-2H3,(H,24,26). The fraction of sp³-hybridized carbons (Fsp3) is 0.364. The number of hydrogen-bond acceptors (Lipinski definition) is 4. The number of likely N-dealkylation sites (N-methyl/N-ethyl adjacent to an activating group) is 1. The van der Waals surface area contributed by atoms with Crippen LogP contribution in [0.3, 0.4) is 0 Å². The Labute approximate surface area is 179 Å². The number of amides is 2. The Morgan fingerprint density at radius 1 is 1.28 bits per heavy atom. The van der Waals surface area contributed by atoms with Crippen LogP contribution in [0.25, 0.3) is 0 Å². The summed E-state index contributed by atoms with van der Waals surface area (Å²) in [5.74, 6) is -0.0244. The second kappa shape index (κ2) is 9.89. The van der Waals surface area contributed by atoms with E-state index in [4.69, 9.17) is 9.47 Å². The van der Waals surface area contributed by atoms with Gasteiger partial charge in [0.2, 0.25) is 5.91 Å². The predicted molar refractivity (Wildman–Crippen MR) is 115 cm³/mol. The van der Waals surface area contributed by atoms with E-state index in [1.54, 1.807) is 25.2 Å². The molecule has 1 saturated heterocycles. The van der Waals surface area contributed by atoms with Gasteiger partial charge in [-0.05, 0) is 55.7 Å². The van der Waals surface area contributed by atoms with E-state index in [0.29, 0.717) is 17.9 Å². The van der Waals surface area contributed by atoms with E-state index in [1.807, 2.05) is 31.2 Å². The third kappa shape index (κ3) is 5.81. The average molecular weight is 461 g/mol. The minimum atomic E-state index is -0.268. The van der Waals surface area contributed by atoms with Gasteiger partial charge in [0.1, 0.15) is 12.4 Å². The molecule has 154 valence electrons. The first-order chi connectivity index (χ1) is 13.9. The van der Waals surface area contributed by atoms with Gasteiger partial charge in [-0.1, -0.05) is 28.1 Å². The molecule has 1 aliphatic heterocycles. The quantitative estimate of drug-likeness (QED) is 0.677. The van der Waals surface area contributed by atoms with E-state index in [2.05, 4.69) is 21.2 Å². The monoisotopic (exact) mass is 460 g/mol. The number of benzene rings is 2. The molecular weight excluding hydrogens is 436 g/mol. The zero-order chi connectivity index (χ0) is 20.8. The third-order valence-corrected chi connectivity index (χ3v) is 5.25. The number of hydrogen-bond donors (Lipinski definition) is 1. The van der Waals surface area contributed by atoms with Gasteiger partial charge in [-0.15, -0.1) is 0 Å². The number of halogens is 1. The summed E-state index contributed by atoms with van der Waals surface area (Å²) < 4.78 is 12.4. The first-order valence-corrected chi connectivity index (χ1v) is 10.4. The van der Waals surface area contributed by atoms with Gasteiger partial charge in [-0.3, -0.25) is 9.59 Å². The molecule has 1 atom stereocenters. The normalized spacial score (nSPS) is 15.8. The zero-order valence-electron chi connectivity index (χ0n) is 16.6. The molecule has 2 amide bonds. The number of carbonyl (C=O) groups excluding carboxylic acids is 2. The molecule has 1 aliphatic rings. The van der Waals surface area contributed by atoms with Crippen LogP contribution < -0.4 is 10.1 Å². The lowest BCUT2D eigenvalue weighted by atomic mass is 10.1. The Kier molecular flexibility index (Phi) is 7.28. The van der Waals surface area contributed by atoms with Crippen molar-refractivity contribution in [2.45, 2.75) is 25.9 Å². The van der Waals surface area contributed by atoms with Gasteiger partial charge >= 0.3 is 0 Å². The fourth-order valence-electron chi connectivity index (χ4n) is 3.18. The largest absolute Gasteiger partial charge is 0.490 e. The molecule has 1 fully saturated rings. The molecule has 0 aliphatic carbocycles. The number of anilines is 1. The van der Waals surface area contributed by atoms with Gasteiger partial charge in [-0.25, -0.2) is 0 Å². The molecule has 29 heavy (non-hydrogen) atoms. The maximum atomic E-state index is 12.9. The van der Waals surface area contributed by atoms with E-state index in [-0.39, 0.29) is 24.5 Å². The van der Waals surface area contributed by atoms with Crippen LogP contribution >= 0.6 is 15.9 Å². The summed E-state index contributed by atoms with van der Waals surface area (Å²) in [6.45, 7) is 3.02. The number of nitrogens with one attached hydrogen (secondary N) is 1. The van der Waals surface area contributed by atoms with Crippen molar-refractivity contribution >= 4 is 33.4 Å². The fourth-order valence-corrected chi connectivity index (χ4v) is 3.65. The maximum absolute atomic E-state index is 12.9. The molecule has 0 spiro atoms. The minimum Gasteiger partial charge on any atom is -0.490 e. The van der Waals surface area contributed by atoms with Crippen LogP contribution in [0.4, 0.5) is 5.69 Å². The molecule has 6 nitrogen and oxygen atoms in total. The van der Waals surface area contributed by atoms with Crippen LogP contribution in [-0.2, 0) is 9.53 Å². The lowest BCUT2D eigenvalue weighted by molar-refractivity contribution is -0.116. The first-order valence-electron chi connectivity index (χ1n) is 9.59. The van der Waals surface area contributed by atoms with Crippen LogP contribution in [0.5, 0.6) is 5.75 Å². The molecule has 7 heteroatoms. The second-order valence-electron chi connectivity index (χ2n) is 7.11. The molecule has 0 bridgehead atoms. The SMILES string of the molecule is Cc1cc(Br)ccc1NC(=O)CN(C)C(=O)c1ccccc1OCC1CCCO1. The second-order valence-corrected chi connectivity index (χ2v) is 8.03. The number of ether oxygens (including phenoxy) is 2. The molecule has 1 unspecified atom stereocenters. The van der Waals surface area contributed by atoms with Gasteiger partial charge in [0.05, 0.1) is 18.2 Å². The minimum absolute atomic E-state index is 0.0611. The molecule has 0 aromatic heterocycles. The van der Waals surface area contributed by atoms with Gasteiger partial charge < -0.3 is 19.7 Å². The van der Waals surface area contributed by atoms with Crippen molar-refractivity contribution in [3.05, 3.63) is 58.1 Å². The van der Waals surface area contributed by atoms with E-state index < -0.39 is 0 Å². The molecule has 0 saturated carbocycles. The molecule has 1 N–H and O–H groups in total. The molecule has 0 radical (unpaired) electrons. The van der Waals surface area contributed by atoms with Crippen LogP contribution in [0.2, 0.25) is 0 Å². The Balaban J connectivity index is 1.61. The lowest BCUT2D eigenvalue weighted by Crippen LogP contribution is -2.35. The summed E-state index contributed by atoms with van der Waals surface area (Å²) in [4.78, 5) is 26.7. The van der Waals surface area contributed by atoms with Gasteiger partial charge in [0.15, 0.2) is 0 Å². The first kappa shape index (κ1) is 21.3. The summed E-state index contributed by atoms with van der Waals surface area (Å²) in [7, 11) is 1.60. The molecule has 1 heterocycles. The van der Waals surface area contributed by atoms with Gasteiger partial charge in [0, 0.05) is 23.8 Å². The van der Waals surface area contributed by atoms with Crippen LogP contribution in [0.15, 0.2) is 46.9 Å². The summed E-state index contributed by atoms with van der Waals surface area (Å²) in [5.41, 5.74) is 2.09. The number of rotatable bonds is 7. The number of para-hydroxylation sites is 1. The summed E-state index contributed by atoms with van der Waals surface area (Å²) in [5, 5.41) is 2.85. The number of carbonyl (C=O) groups is 2. The van der Waals surface area contributed by atoms with Gasteiger partial charge in [0.25, 0.3) is 5.91 Å². The van der Waals surface area contributed by atoms with E-state index in [1.165, 1.54) is 4.90 Å². The molecular formula is C22H25BrN2O4. The van der Waals surface area contributed by atoms with Gasteiger partial charge in [-0.2, -0.15) is 0 Å². The topological polar surface area (TPSA) is 67.9 Å². The Morgan fingerprint density at radius 3 is 2.79 bits per heavy atom. The predicted octanol–water partition coefficient (Wildman–Crippen LogP) is 4.03. The van der Waals surface area contributed by atoms with Crippen molar-refractivity contribution in [2.75, 3.05) is 32.1 Å². The highest BCUT2D eigenvalue weighted by Gasteiger charge is 2.21. The summed E-state index contributed by atoms with van der Waals surface area (Å²) >= 11 is 3.40. The van der Waals surface area contributed by atoms with Crippen molar-refractivity contribution in [3.8, 4) is 5.75 Å². The van der Waals surface area contributed by atoms with E-state index in [0.717, 1.165) is 35.2 Å². The third-order valence-electron chi connectivity index (χ3n) is 4.76. The molecule has 2 aromatic rings. The van der Waals surface area contributed by atoms with Crippen molar-refractivity contribution in [2.24, 2.45) is 0 Å². The highest BCUT2D eigenvalue weighted by Crippen LogP contribution is 2.22. The number of aryl methyl sites for hydroxylation is 1. The van der Waals surface area contributed by atoms with E-state index in [9.17, 15) is 9.59 Å². The van der Waals surface area contributed by atoms with Crippen LogP contribution in [0, 0.1) is 6.92 Å². The summed E-state index contributed by atoms with van der Waals surface area (Å²) in [6.07, 6.45) is 2.06. The zero-order valence-corrected chi connectivity index (χ0v) is 18.2.